The Morgan fingerprint density at radius 2 is 1.92 bits per heavy atom. The zero-order valence-electron chi connectivity index (χ0n) is 9.81. The van der Waals surface area contributed by atoms with Crippen LogP contribution in [0.4, 0.5) is 0 Å². The summed E-state index contributed by atoms with van der Waals surface area (Å²) >= 11 is 0. The Kier molecular flexibility index (Phi) is 5.31. The standard InChI is InChI=1S/C12H24O/c1-10(2)7-8-13-12(5,6)9-11(3)4/h11H,1,7-9H2,2-6H3. The number of rotatable bonds is 6. The molecule has 0 saturated heterocycles. The van der Waals surface area contributed by atoms with Crippen molar-refractivity contribution in [2.45, 2.75) is 53.1 Å². The van der Waals surface area contributed by atoms with E-state index in [1.807, 2.05) is 6.92 Å². The van der Waals surface area contributed by atoms with Crippen molar-refractivity contribution in [3.63, 3.8) is 0 Å². The van der Waals surface area contributed by atoms with Crippen LogP contribution >= 0.6 is 0 Å². The van der Waals surface area contributed by atoms with Crippen LogP contribution in [0.2, 0.25) is 0 Å². The van der Waals surface area contributed by atoms with Crippen molar-refractivity contribution in [2.24, 2.45) is 5.92 Å². The van der Waals surface area contributed by atoms with Gasteiger partial charge in [-0.3, -0.25) is 0 Å². The molecule has 0 aliphatic heterocycles. The van der Waals surface area contributed by atoms with Crippen LogP contribution < -0.4 is 0 Å². The van der Waals surface area contributed by atoms with E-state index in [0.29, 0.717) is 5.92 Å². The first-order valence-electron chi connectivity index (χ1n) is 5.12. The van der Waals surface area contributed by atoms with Gasteiger partial charge in [-0.15, -0.1) is 6.58 Å². The number of hydrogen-bond donors (Lipinski definition) is 0. The van der Waals surface area contributed by atoms with Crippen molar-refractivity contribution in [3.05, 3.63) is 12.2 Å². The summed E-state index contributed by atoms with van der Waals surface area (Å²) in [7, 11) is 0. The predicted molar refractivity (Wildman–Crippen MR) is 58.9 cm³/mol. The number of hydrogen-bond acceptors (Lipinski definition) is 1. The second-order valence-electron chi connectivity index (χ2n) is 4.91. The van der Waals surface area contributed by atoms with Crippen LogP contribution in [0.1, 0.15) is 47.5 Å². The number of ether oxygens (including phenoxy) is 1. The molecule has 1 heteroatoms. The summed E-state index contributed by atoms with van der Waals surface area (Å²) in [5.41, 5.74) is 1.21. The molecule has 0 amide bonds. The topological polar surface area (TPSA) is 9.23 Å². The maximum absolute atomic E-state index is 5.79. The predicted octanol–water partition coefficient (Wildman–Crippen LogP) is 3.79. The molecule has 1 nitrogen and oxygen atoms in total. The third-order valence-corrected chi connectivity index (χ3v) is 1.92. The third-order valence-electron chi connectivity index (χ3n) is 1.92. The van der Waals surface area contributed by atoms with Gasteiger partial charge in [0.05, 0.1) is 12.2 Å². The Morgan fingerprint density at radius 1 is 1.38 bits per heavy atom. The zero-order chi connectivity index (χ0) is 10.5. The van der Waals surface area contributed by atoms with Gasteiger partial charge in [-0.25, -0.2) is 0 Å². The molecule has 0 aromatic carbocycles. The second-order valence-corrected chi connectivity index (χ2v) is 4.91. The lowest BCUT2D eigenvalue weighted by Gasteiger charge is -2.27. The fourth-order valence-corrected chi connectivity index (χ4v) is 1.54. The van der Waals surface area contributed by atoms with E-state index in [4.69, 9.17) is 4.74 Å². The highest BCUT2D eigenvalue weighted by molar-refractivity contribution is 4.87. The van der Waals surface area contributed by atoms with E-state index in [9.17, 15) is 0 Å². The average Bonchev–Trinajstić information content (AvgIpc) is 1.81. The SMILES string of the molecule is C=C(C)CCOC(C)(C)CC(C)C. The van der Waals surface area contributed by atoms with E-state index < -0.39 is 0 Å². The Balaban J connectivity index is 3.68. The van der Waals surface area contributed by atoms with Gasteiger partial charge < -0.3 is 4.74 Å². The summed E-state index contributed by atoms with van der Waals surface area (Å²) in [6.07, 6.45) is 2.09. The molecule has 0 radical (unpaired) electrons. The van der Waals surface area contributed by atoms with Gasteiger partial charge in [0.25, 0.3) is 0 Å². The molecule has 0 spiro atoms. The summed E-state index contributed by atoms with van der Waals surface area (Å²) in [4.78, 5) is 0. The molecule has 0 fully saturated rings. The Labute approximate surface area is 83.2 Å². The van der Waals surface area contributed by atoms with Crippen molar-refractivity contribution in [1.29, 1.82) is 0 Å². The normalized spacial score (nSPS) is 12.2. The highest BCUT2D eigenvalue weighted by atomic mass is 16.5. The largest absolute Gasteiger partial charge is 0.375 e. The van der Waals surface area contributed by atoms with Crippen molar-refractivity contribution < 1.29 is 4.74 Å². The third kappa shape index (κ3) is 8.04. The average molecular weight is 184 g/mol. The van der Waals surface area contributed by atoms with Crippen LogP contribution in [0.3, 0.4) is 0 Å². The van der Waals surface area contributed by atoms with E-state index in [1.54, 1.807) is 0 Å². The van der Waals surface area contributed by atoms with Gasteiger partial charge in [-0.2, -0.15) is 0 Å². The lowest BCUT2D eigenvalue weighted by atomic mass is 9.96. The van der Waals surface area contributed by atoms with Crippen molar-refractivity contribution in [2.75, 3.05) is 6.61 Å². The molecule has 0 atom stereocenters. The van der Waals surface area contributed by atoms with E-state index >= 15 is 0 Å². The van der Waals surface area contributed by atoms with Crippen molar-refractivity contribution >= 4 is 0 Å². The summed E-state index contributed by atoms with van der Waals surface area (Å²) in [6, 6.07) is 0. The lowest BCUT2D eigenvalue weighted by Crippen LogP contribution is -2.27. The van der Waals surface area contributed by atoms with E-state index in [2.05, 4.69) is 34.3 Å². The smallest absolute Gasteiger partial charge is 0.0629 e. The molecular weight excluding hydrogens is 160 g/mol. The Morgan fingerprint density at radius 3 is 2.31 bits per heavy atom. The van der Waals surface area contributed by atoms with Crippen LogP contribution in [-0.2, 0) is 4.74 Å². The maximum Gasteiger partial charge on any atom is 0.0629 e. The first-order chi connectivity index (χ1) is 5.83. The van der Waals surface area contributed by atoms with Gasteiger partial charge in [0.2, 0.25) is 0 Å². The molecule has 0 rings (SSSR count). The van der Waals surface area contributed by atoms with E-state index in [1.165, 1.54) is 5.57 Å². The minimum Gasteiger partial charge on any atom is -0.375 e. The fourth-order valence-electron chi connectivity index (χ4n) is 1.54. The molecule has 0 aromatic rings. The first kappa shape index (κ1) is 12.7. The summed E-state index contributed by atoms with van der Waals surface area (Å²) in [6.45, 7) is 15.5. The molecule has 0 aliphatic carbocycles. The summed E-state index contributed by atoms with van der Waals surface area (Å²) in [5, 5.41) is 0. The van der Waals surface area contributed by atoms with E-state index in [-0.39, 0.29) is 5.60 Å². The molecule has 0 aliphatic rings. The Hall–Kier alpha value is -0.300. The van der Waals surface area contributed by atoms with Gasteiger partial charge in [0, 0.05) is 0 Å². The van der Waals surface area contributed by atoms with Crippen LogP contribution in [0, 0.1) is 5.92 Å². The van der Waals surface area contributed by atoms with Crippen LogP contribution in [-0.4, -0.2) is 12.2 Å². The minimum absolute atomic E-state index is 0.0175. The second kappa shape index (κ2) is 5.43. The highest BCUT2D eigenvalue weighted by Gasteiger charge is 2.19. The summed E-state index contributed by atoms with van der Waals surface area (Å²) < 4.78 is 5.79. The molecule has 0 unspecified atom stereocenters. The van der Waals surface area contributed by atoms with Crippen molar-refractivity contribution in [3.8, 4) is 0 Å². The molecule has 0 heterocycles. The molecular formula is C12H24O. The quantitative estimate of drug-likeness (QED) is 0.571. The maximum atomic E-state index is 5.79. The lowest BCUT2D eigenvalue weighted by molar-refractivity contribution is -0.0296. The van der Waals surface area contributed by atoms with Crippen molar-refractivity contribution in [1.82, 2.24) is 0 Å². The fraction of sp³-hybridized carbons (Fsp3) is 0.833. The van der Waals surface area contributed by atoms with Crippen LogP contribution in [0.25, 0.3) is 0 Å². The monoisotopic (exact) mass is 184 g/mol. The van der Waals surface area contributed by atoms with Crippen LogP contribution in [0.5, 0.6) is 0 Å². The highest BCUT2D eigenvalue weighted by Crippen LogP contribution is 2.20. The van der Waals surface area contributed by atoms with Gasteiger partial charge >= 0.3 is 0 Å². The zero-order valence-corrected chi connectivity index (χ0v) is 9.81. The molecule has 0 saturated carbocycles. The van der Waals surface area contributed by atoms with E-state index in [0.717, 1.165) is 19.4 Å². The van der Waals surface area contributed by atoms with Gasteiger partial charge in [-0.05, 0) is 39.5 Å². The van der Waals surface area contributed by atoms with Gasteiger partial charge in [0.15, 0.2) is 0 Å². The molecule has 13 heavy (non-hydrogen) atoms. The summed E-state index contributed by atoms with van der Waals surface area (Å²) in [5.74, 6) is 0.694. The molecule has 0 bridgehead atoms. The minimum atomic E-state index is 0.0175. The van der Waals surface area contributed by atoms with Gasteiger partial charge in [0.1, 0.15) is 0 Å². The molecule has 0 aromatic heterocycles. The molecule has 78 valence electrons. The van der Waals surface area contributed by atoms with Crippen LogP contribution in [0.15, 0.2) is 12.2 Å². The molecule has 0 N–H and O–H groups in total. The Bertz CT molecular complexity index is 157. The first-order valence-corrected chi connectivity index (χ1v) is 5.12. The van der Waals surface area contributed by atoms with Gasteiger partial charge in [-0.1, -0.05) is 19.4 Å².